The van der Waals surface area contributed by atoms with Crippen molar-refractivity contribution >= 4 is 11.8 Å². The van der Waals surface area contributed by atoms with Crippen LogP contribution in [0.2, 0.25) is 0 Å². The fourth-order valence-electron chi connectivity index (χ4n) is 2.25. The van der Waals surface area contributed by atoms with Crippen LogP contribution in [-0.2, 0) is 10.2 Å². The van der Waals surface area contributed by atoms with E-state index >= 15 is 0 Å². The van der Waals surface area contributed by atoms with E-state index in [9.17, 15) is 4.79 Å². The summed E-state index contributed by atoms with van der Waals surface area (Å²) in [6.45, 7) is 7.79. The molecule has 0 amide bonds. The van der Waals surface area contributed by atoms with Crippen LogP contribution in [0.1, 0.15) is 39.3 Å². The van der Waals surface area contributed by atoms with E-state index in [4.69, 9.17) is 5.11 Å². The quantitative estimate of drug-likeness (QED) is 0.884. The first-order valence-corrected chi connectivity index (χ1v) is 6.70. The van der Waals surface area contributed by atoms with E-state index in [1.807, 2.05) is 12.1 Å². The van der Waals surface area contributed by atoms with Crippen molar-refractivity contribution in [3.05, 3.63) is 17.8 Å². The lowest BCUT2D eigenvalue weighted by atomic mass is 9.92. The predicted molar refractivity (Wildman–Crippen MR) is 73.3 cm³/mol. The first kappa shape index (κ1) is 13.8. The van der Waals surface area contributed by atoms with Gasteiger partial charge in [-0.3, -0.25) is 4.79 Å². The molecule has 0 bridgehead atoms. The van der Waals surface area contributed by atoms with Gasteiger partial charge in [0.2, 0.25) is 0 Å². The molecule has 0 spiro atoms. The third-order valence-corrected chi connectivity index (χ3v) is 3.59. The Bertz CT molecular complexity index is 443. The van der Waals surface area contributed by atoms with Crippen LogP contribution in [0.15, 0.2) is 12.1 Å². The molecule has 0 aromatic carbocycles. The molecule has 2 rings (SSSR count). The monoisotopic (exact) mass is 263 g/mol. The molecular weight excluding hydrogens is 242 g/mol. The number of carbonyl (C=O) groups is 1. The lowest BCUT2D eigenvalue weighted by Crippen LogP contribution is -2.37. The van der Waals surface area contributed by atoms with Gasteiger partial charge in [0.15, 0.2) is 5.82 Å². The number of rotatable bonds is 2. The summed E-state index contributed by atoms with van der Waals surface area (Å²) in [5.74, 6) is -0.0521. The molecule has 1 N–H and O–H groups in total. The van der Waals surface area contributed by atoms with Gasteiger partial charge >= 0.3 is 5.97 Å². The molecular formula is C14H21N3O2. The van der Waals surface area contributed by atoms with Crippen LogP contribution in [0.5, 0.6) is 0 Å². The molecule has 0 aliphatic carbocycles. The van der Waals surface area contributed by atoms with Crippen LogP contribution in [0, 0.1) is 5.92 Å². The minimum absolute atomic E-state index is 0.00182. The number of carboxylic acid groups (broad SMARTS) is 1. The molecule has 2 heterocycles. The molecule has 5 heteroatoms. The molecule has 0 radical (unpaired) electrons. The van der Waals surface area contributed by atoms with Gasteiger partial charge in [-0.2, -0.15) is 5.10 Å². The SMILES string of the molecule is CC(C)(C)c1ccc(N2CCC(C(=O)O)CC2)nn1. The maximum Gasteiger partial charge on any atom is 0.306 e. The van der Waals surface area contributed by atoms with Crippen molar-refractivity contribution in [2.45, 2.75) is 39.0 Å². The molecule has 0 saturated carbocycles. The number of carboxylic acids is 1. The Kier molecular flexibility index (Phi) is 3.73. The van der Waals surface area contributed by atoms with E-state index in [1.54, 1.807) is 0 Å². The molecule has 1 aliphatic heterocycles. The molecule has 1 saturated heterocycles. The second-order valence-corrected chi connectivity index (χ2v) is 6.13. The summed E-state index contributed by atoms with van der Waals surface area (Å²) < 4.78 is 0. The van der Waals surface area contributed by atoms with Gasteiger partial charge in [-0.25, -0.2) is 0 Å². The van der Waals surface area contributed by atoms with Crippen LogP contribution in [0.4, 0.5) is 5.82 Å². The third kappa shape index (κ3) is 3.22. The minimum Gasteiger partial charge on any atom is -0.481 e. The lowest BCUT2D eigenvalue weighted by molar-refractivity contribution is -0.142. The summed E-state index contributed by atoms with van der Waals surface area (Å²) in [6, 6.07) is 3.99. The number of aromatic nitrogens is 2. The van der Waals surface area contributed by atoms with Crippen molar-refractivity contribution in [3.63, 3.8) is 0 Å². The normalized spacial score (nSPS) is 17.5. The summed E-state index contributed by atoms with van der Waals surface area (Å²) in [6.07, 6.45) is 1.36. The Balaban J connectivity index is 2.02. The fraction of sp³-hybridized carbons (Fsp3) is 0.643. The summed E-state index contributed by atoms with van der Waals surface area (Å²) >= 11 is 0. The van der Waals surface area contributed by atoms with Crippen molar-refractivity contribution < 1.29 is 9.90 Å². The summed E-state index contributed by atoms with van der Waals surface area (Å²) in [7, 11) is 0. The van der Waals surface area contributed by atoms with Crippen LogP contribution in [0.3, 0.4) is 0 Å². The second-order valence-electron chi connectivity index (χ2n) is 6.13. The van der Waals surface area contributed by atoms with Gasteiger partial charge in [0.25, 0.3) is 0 Å². The van der Waals surface area contributed by atoms with Crippen LogP contribution >= 0.6 is 0 Å². The first-order valence-electron chi connectivity index (χ1n) is 6.70. The average molecular weight is 263 g/mol. The maximum atomic E-state index is 10.9. The maximum absolute atomic E-state index is 10.9. The molecule has 1 aromatic heterocycles. The topological polar surface area (TPSA) is 66.3 Å². The van der Waals surface area contributed by atoms with Crippen LogP contribution in [-0.4, -0.2) is 34.4 Å². The zero-order chi connectivity index (χ0) is 14.0. The van der Waals surface area contributed by atoms with Gasteiger partial charge in [-0.1, -0.05) is 20.8 Å². The zero-order valence-electron chi connectivity index (χ0n) is 11.8. The standard InChI is InChI=1S/C14H21N3O2/c1-14(2,3)11-4-5-12(16-15-11)17-8-6-10(7-9-17)13(18)19/h4-5,10H,6-9H2,1-3H3,(H,18,19). The van der Waals surface area contributed by atoms with E-state index in [2.05, 4.69) is 35.9 Å². The van der Waals surface area contributed by atoms with Crippen molar-refractivity contribution in [3.8, 4) is 0 Å². The molecule has 1 aliphatic rings. The summed E-state index contributed by atoms with van der Waals surface area (Å²) in [5.41, 5.74) is 0.971. The minimum atomic E-state index is -0.686. The third-order valence-electron chi connectivity index (χ3n) is 3.59. The van der Waals surface area contributed by atoms with Gasteiger partial charge < -0.3 is 10.0 Å². The van der Waals surface area contributed by atoms with Gasteiger partial charge in [0.1, 0.15) is 0 Å². The molecule has 5 nitrogen and oxygen atoms in total. The highest BCUT2D eigenvalue weighted by Crippen LogP contribution is 2.24. The Morgan fingerprint density at radius 3 is 2.32 bits per heavy atom. The molecule has 0 unspecified atom stereocenters. The van der Waals surface area contributed by atoms with Gasteiger partial charge in [-0.05, 0) is 25.0 Å². The number of anilines is 1. The Morgan fingerprint density at radius 2 is 1.89 bits per heavy atom. The Morgan fingerprint density at radius 1 is 1.26 bits per heavy atom. The highest BCUT2D eigenvalue weighted by atomic mass is 16.4. The average Bonchev–Trinajstić information content (AvgIpc) is 2.38. The fourth-order valence-corrected chi connectivity index (χ4v) is 2.25. The van der Waals surface area contributed by atoms with Crippen molar-refractivity contribution in [1.29, 1.82) is 0 Å². The molecule has 0 atom stereocenters. The summed E-state index contributed by atoms with van der Waals surface area (Å²) in [5, 5.41) is 17.5. The van der Waals surface area contributed by atoms with Crippen molar-refractivity contribution in [1.82, 2.24) is 10.2 Å². The van der Waals surface area contributed by atoms with Crippen LogP contribution < -0.4 is 4.90 Å². The molecule has 1 fully saturated rings. The van der Waals surface area contributed by atoms with Gasteiger partial charge in [0.05, 0.1) is 11.6 Å². The molecule has 1 aromatic rings. The van der Waals surface area contributed by atoms with Crippen LogP contribution in [0.25, 0.3) is 0 Å². The zero-order valence-corrected chi connectivity index (χ0v) is 11.8. The van der Waals surface area contributed by atoms with E-state index in [0.29, 0.717) is 12.8 Å². The second kappa shape index (κ2) is 5.15. The molecule has 19 heavy (non-hydrogen) atoms. The Labute approximate surface area is 113 Å². The Hall–Kier alpha value is -1.65. The highest BCUT2D eigenvalue weighted by Gasteiger charge is 2.25. The largest absolute Gasteiger partial charge is 0.481 e. The summed E-state index contributed by atoms with van der Waals surface area (Å²) in [4.78, 5) is 13.0. The van der Waals surface area contributed by atoms with E-state index < -0.39 is 5.97 Å². The lowest BCUT2D eigenvalue weighted by Gasteiger charge is -2.30. The molecule has 104 valence electrons. The number of aliphatic carboxylic acids is 1. The number of nitrogens with zero attached hydrogens (tertiary/aromatic N) is 3. The smallest absolute Gasteiger partial charge is 0.306 e. The van der Waals surface area contributed by atoms with Crippen molar-refractivity contribution in [2.24, 2.45) is 5.92 Å². The van der Waals surface area contributed by atoms with Gasteiger partial charge in [-0.15, -0.1) is 5.10 Å². The predicted octanol–water partition coefficient (Wildman–Crippen LogP) is 2.08. The van der Waals surface area contributed by atoms with Gasteiger partial charge in [0, 0.05) is 18.5 Å². The van der Waals surface area contributed by atoms with E-state index in [0.717, 1.165) is 24.6 Å². The van der Waals surface area contributed by atoms with E-state index in [-0.39, 0.29) is 11.3 Å². The van der Waals surface area contributed by atoms with Crippen molar-refractivity contribution in [2.75, 3.05) is 18.0 Å². The number of hydrogen-bond acceptors (Lipinski definition) is 4. The number of hydrogen-bond donors (Lipinski definition) is 1. The highest BCUT2D eigenvalue weighted by molar-refractivity contribution is 5.70. The first-order chi connectivity index (χ1) is 8.88. The number of piperidine rings is 1. The van der Waals surface area contributed by atoms with E-state index in [1.165, 1.54) is 0 Å².